The molecule has 0 saturated carbocycles. The average Bonchev–Trinajstić information content (AvgIpc) is 3.70. The van der Waals surface area contributed by atoms with E-state index in [0.29, 0.717) is 0 Å². The van der Waals surface area contributed by atoms with E-state index in [-0.39, 0.29) is 0 Å². The number of nitrogens with zero attached hydrogens (tertiary/aromatic N) is 2. The molecule has 11 aromatic rings. The number of anilines is 3. The zero-order valence-electron chi connectivity index (χ0n) is 34.1. The van der Waals surface area contributed by atoms with E-state index in [1.165, 1.54) is 66.4 Å². The molecule has 0 spiro atoms. The van der Waals surface area contributed by atoms with Crippen molar-refractivity contribution >= 4 is 38.9 Å². The third kappa shape index (κ3) is 6.65. The number of aromatic nitrogens is 1. The second kappa shape index (κ2) is 16.1. The summed E-state index contributed by atoms with van der Waals surface area (Å²) in [5, 5.41) is 2.40. The highest BCUT2D eigenvalue weighted by Gasteiger charge is 2.23. The van der Waals surface area contributed by atoms with Gasteiger partial charge in [0, 0.05) is 27.7 Å². The second-order valence-corrected chi connectivity index (χ2v) is 15.7. The number of benzene rings is 10. The van der Waals surface area contributed by atoms with Crippen LogP contribution < -0.4 is 4.90 Å². The van der Waals surface area contributed by atoms with E-state index < -0.39 is 0 Å². The van der Waals surface area contributed by atoms with Gasteiger partial charge in [-0.15, -0.1) is 0 Å². The minimum Gasteiger partial charge on any atom is -0.309 e. The van der Waals surface area contributed by atoms with Gasteiger partial charge in [0.1, 0.15) is 0 Å². The molecule has 0 amide bonds. The fraction of sp³-hybridized carbons (Fsp3) is 0. The quantitative estimate of drug-likeness (QED) is 0.141. The highest BCUT2D eigenvalue weighted by atomic mass is 15.2. The standard InChI is InChI=1S/C60H42N2/c1-4-19-43(20-5-1)50-25-10-12-27-52(50)46-35-39-48(40-36-46)61(56-31-16-14-29-54(56)45-23-8-3-9-24-45)58-33-18-34-59-60(58)55-30-15-17-32-57(55)62(59)49-41-37-47(38-42-49)53-28-13-11-26-51(53)44-21-6-2-7-22-44/h1-42H. The molecule has 2 nitrogen and oxygen atoms in total. The summed E-state index contributed by atoms with van der Waals surface area (Å²) in [7, 11) is 0. The average molecular weight is 791 g/mol. The van der Waals surface area contributed by atoms with Crippen LogP contribution in [-0.4, -0.2) is 4.57 Å². The van der Waals surface area contributed by atoms with Gasteiger partial charge in [-0.3, -0.25) is 0 Å². The Kier molecular flexibility index (Phi) is 9.57. The maximum absolute atomic E-state index is 2.46. The van der Waals surface area contributed by atoms with Crippen LogP contribution >= 0.6 is 0 Å². The number of hydrogen-bond donors (Lipinski definition) is 0. The number of rotatable bonds is 9. The van der Waals surface area contributed by atoms with Gasteiger partial charge in [0.15, 0.2) is 0 Å². The van der Waals surface area contributed by atoms with E-state index in [2.05, 4.69) is 264 Å². The summed E-state index contributed by atoms with van der Waals surface area (Å²) in [5.74, 6) is 0. The summed E-state index contributed by atoms with van der Waals surface area (Å²) in [5.41, 5.74) is 18.7. The van der Waals surface area contributed by atoms with Gasteiger partial charge in [-0.2, -0.15) is 0 Å². The maximum Gasteiger partial charge on any atom is 0.0562 e. The lowest BCUT2D eigenvalue weighted by Gasteiger charge is -2.29. The topological polar surface area (TPSA) is 8.17 Å². The first-order valence-electron chi connectivity index (χ1n) is 21.3. The summed E-state index contributed by atoms with van der Waals surface area (Å²) in [6.45, 7) is 0. The molecular formula is C60H42N2. The zero-order valence-corrected chi connectivity index (χ0v) is 34.1. The molecule has 292 valence electrons. The van der Waals surface area contributed by atoms with Crippen LogP contribution in [0.15, 0.2) is 255 Å². The van der Waals surface area contributed by atoms with Crippen molar-refractivity contribution in [3.63, 3.8) is 0 Å². The summed E-state index contributed by atoms with van der Waals surface area (Å²) in [6, 6.07) is 92.0. The zero-order chi connectivity index (χ0) is 41.2. The number of para-hydroxylation sites is 2. The smallest absolute Gasteiger partial charge is 0.0562 e. The van der Waals surface area contributed by atoms with Gasteiger partial charge in [0.25, 0.3) is 0 Å². The van der Waals surface area contributed by atoms with Crippen molar-refractivity contribution in [3.8, 4) is 61.3 Å². The van der Waals surface area contributed by atoms with Crippen LogP contribution in [0.2, 0.25) is 0 Å². The molecule has 1 aromatic heterocycles. The lowest BCUT2D eigenvalue weighted by molar-refractivity contribution is 1.18. The molecular weight excluding hydrogens is 749 g/mol. The Morgan fingerprint density at radius 1 is 0.258 bits per heavy atom. The van der Waals surface area contributed by atoms with Gasteiger partial charge in [0.2, 0.25) is 0 Å². The van der Waals surface area contributed by atoms with Gasteiger partial charge in [0.05, 0.1) is 22.4 Å². The van der Waals surface area contributed by atoms with Crippen LogP contribution in [0.25, 0.3) is 83.1 Å². The molecule has 0 N–H and O–H groups in total. The molecule has 62 heavy (non-hydrogen) atoms. The highest BCUT2D eigenvalue weighted by molar-refractivity contribution is 6.17. The van der Waals surface area contributed by atoms with E-state index in [4.69, 9.17) is 0 Å². The van der Waals surface area contributed by atoms with Crippen LogP contribution in [0.3, 0.4) is 0 Å². The van der Waals surface area contributed by atoms with E-state index in [1.807, 2.05) is 0 Å². The fourth-order valence-corrected chi connectivity index (χ4v) is 9.19. The predicted octanol–water partition coefficient (Wildman–Crippen LogP) is 16.6. The lowest BCUT2D eigenvalue weighted by atomic mass is 9.94. The van der Waals surface area contributed by atoms with Crippen molar-refractivity contribution in [3.05, 3.63) is 255 Å². The normalized spacial score (nSPS) is 11.2. The van der Waals surface area contributed by atoms with Crippen LogP contribution in [-0.2, 0) is 0 Å². The molecule has 11 rings (SSSR count). The SMILES string of the molecule is c1ccc(-c2ccccc2-c2ccc(N(c3ccccc3-c3ccccc3)c3cccc4c3c3ccccc3n4-c3ccc(-c4ccccc4-c4ccccc4)cc3)cc2)cc1. The Morgan fingerprint density at radius 3 is 1.19 bits per heavy atom. The van der Waals surface area contributed by atoms with Crippen molar-refractivity contribution in [2.75, 3.05) is 4.90 Å². The second-order valence-electron chi connectivity index (χ2n) is 15.7. The molecule has 0 atom stereocenters. The van der Waals surface area contributed by atoms with Gasteiger partial charge in [-0.25, -0.2) is 0 Å². The van der Waals surface area contributed by atoms with Crippen LogP contribution in [0.4, 0.5) is 17.1 Å². The Morgan fingerprint density at radius 2 is 0.645 bits per heavy atom. The van der Waals surface area contributed by atoms with E-state index in [9.17, 15) is 0 Å². The summed E-state index contributed by atoms with van der Waals surface area (Å²) in [4.78, 5) is 2.46. The molecule has 1 heterocycles. The molecule has 0 bridgehead atoms. The summed E-state index contributed by atoms with van der Waals surface area (Å²) in [6.07, 6.45) is 0. The third-order valence-corrected chi connectivity index (χ3v) is 12.0. The van der Waals surface area contributed by atoms with Crippen molar-refractivity contribution in [1.29, 1.82) is 0 Å². The van der Waals surface area contributed by atoms with Gasteiger partial charge >= 0.3 is 0 Å². The minimum atomic E-state index is 1.08. The van der Waals surface area contributed by atoms with E-state index in [1.54, 1.807) is 0 Å². The van der Waals surface area contributed by atoms with Gasteiger partial charge in [-0.05, 0) is 98.6 Å². The molecule has 2 heteroatoms. The van der Waals surface area contributed by atoms with Crippen LogP contribution in [0, 0.1) is 0 Å². The molecule has 0 aliphatic rings. The molecule has 0 radical (unpaired) electrons. The van der Waals surface area contributed by atoms with Crippen LogP contribution in [0.5, 0.6) is 0 Å². The predicted molar refractivity (Wildman–Crippen MR) is 263 cm³/mol. The summed E-state index contributed by atoms with van der Waals surface area (Å²) < 4.78 is 2.42. The lowest BCUT2D eigenvalue weighted by Crippen LogP contribution is -2.11. The molecule has 0 saturated heterocycles. The Balaban J connectivity index is 1.08. The fourth-order valence-electron chi connectivity index (χ4n) is 9.19. The number of hydrogen-bond acceptors (Lipinski definition) is 1. The Bertz CT molecular complexity index is 3310. The monoisotopic (exact) mass is 790 g/mol. The highest BCUT2D eigenvalue weighted by Crippen LogP contribution is 2.47. The largest absolute Gasteiger partial charge is 0.309 e. The van der Waals surface area contributed by atoms with E-state index >= 15 is 0 Å². The third-order valence-electron chi connectivity index (χ3n) is 12.0. The number of fused-ring (bicyclic) bond motifs is 3. The Hall–Kier alpha value is -8.20. The molecule has 0 fully saturated rings. The minimum absolute atomic E-state index is 1.08. The molecule has 0 aliphatic carbocycles. The first-order chi connectivity index (χ1) is 30.8. The molecule has 0 unspecified atom stereocenters. The maximum atomic E-state index is 2.46. The Labute approximate surface area is 362 Å². The van der Waals surface area contributed by atoms with Crippen molar-refractivity contribution in [2.45, 2.75) is 0 Å². The van der Waals surface area contributed by atoms with Crippen molar-refractivity contribution in [2.24, 2.45) is 0 Å². The van der Waals surface area contributed by atoms with Gasteiger partial charge in [-0.1, -0.05) is 206 Å². The molecule has 0 aliphatic heterocycles. The first kappa shape index (κ1) is 36.8. The van der Waals surface area contributed by atoms with Gasteiger partial charge < -0.3 is 9.47 Å². The van der Waals surface area contributed by atoms with E-state index in [0.717, 1.165) is 33.8 Å². The first-order valence-corrected chi connectivity index (χ1v) is 21.3. The van der Waals surface area contributed by atoms with Crippen molar-refractivity contribution in [1.82, 2.24) is 4.57 Å². The summed E-state index contributed by atoms with van der Waals surface area (Å²) >= 11 is 0. The van der Waals surface area contributed by atoms with Crippen molar-refractivity contribution < 1.29 is 0 Å². The van der Waals surface area contributed by atoms with Crippen LogP contribution in [0.1, 0.15) is 0 Å². The molecule has 10 aromatic carbocycles.